The molecule has 0 saturated heterocycles. The van der Waals surface area contributed by atoms with Gasteiger partial charge in [0, 0.05) is 29.0 Å². The van der Waals surface area contributed by atoms with E-state index >= 15 is 8.78 Å². The minimum absolute atomic E-state index is 0.0733. The summed E-state index contributed by atoms with van der Waals surface area (Å²) in [6, 6.07) is 10.0. The molecule has 0 aliphatic heterocycles. The van der Waals surface area contributed by atoms with E-state index in [4.69, 9.17) is 0 Å². The maximum atomic E-state index is 15.2. The third-order valence-electron chi connectivity index (χ3n) is 4.63. The van der Waals surface area contributed by atoms with Crippen LogP contribution in [-0.2, 0) is 21.5 Å². The highest BCUT2D eigenvalue weighted by Crippen LogP contribution is 2.36. The van der Waals surface area contributed by atoms with Crippen molar-refractivity contribution in [3.8, 4) is 0 Å². The summed E-state index contributed by atoms with van der Waals surface area (Å²) < 4.78 is 67.1. The summed E-state index contributed by atoms with van der Waals surface area (Å²) in [5.41, 5.74) is 0.800. The number of aromatic nitrogens is 4. The standard InChI is InChI=1S/C21H18F3N5O2S/c1-12-9-18(29-28-12)26-19-16-8-3-13(11-32(2,30)31)10-17(16)25-20(27-19)21(23,24)14-4-6-15(22)7-5-14/h3-10H,11H2,1-2H3,(H2,25,26,27,28,29). The fourth-order valence-electron chi connectivity index (χ4n) is 3.20. The van der Waals surface area contributed by atoms with Gasteiger partial charge in [0.25, 0.3) is 0 Å². The number of aromatic amines is 1. The van der Waals surface area contributed by atoms with Gasteiger partial charge >= 0.3 is 5.92 Å². The molecule has 0 aliphatic rings. The Bertz CT molecular complexity index is 1400. The molecule has 0 spiro atoms. The highest BCUT2D eigenvalue weighted by Gasteiger charge is 2.38. The van der Waals surface area contributed by atoms with E-state index in [9.17, 15) is 12.8 Å². The molecule has 2 aromatic heterocycles. The van der Waals surface area contributed by atoms with Crippen LogP contribution in [0.5, 0.6) is 0 Å². The number of aryl methyl sites for hydroxylation is 1. The van der Waals surface area contributed by atoms with Crippen molar-refractivity contribution in [3.05, 3.63) is 77.0 Å². The number of nitrogens with zero attached hydrogens (tertiary/aromatic N) is 3. The number of sulfone groups is 1. The Balaban J connectivity index is 1.88. The number of H-pyrrole nitrogens is 1. The van der Waals surface area contributed by atoms with E-state index in [0.717, 1.165) is 36.2 Å². The van der Waals surface area contributed by atoms with Crippen molar-refractivity contribution in [1.29, 1.82) is 0 Å². The summed E-state index contributed by atoms with van der Waals surface area (Å²) in [6.45, 7) is 1.78. The van der Waals surface area contributed by atoms with Crippen LogP contribution in [0, 0.1) is 12.7 Å². The molecule has 0 amide bonds. The number of nitrogens with one attached hydrogen (secondary N) is 2. The molecule has 0 radical (unpaired) electrons. The first-order valence-corrected chi connectivity index (χ1v) is 11.5. The molecule has 0 unspecified atom stereocenters. The molecule has 0 saturated carbocycles. The molecule has 4 rings (SSSR count). The van der Waals surface area contributed by atoms with E-state index in [2.05, 4.69) is 25.5 Å². The third kappa shape index (κ3) is 4.57. The second-order valence-corrected chi connectivity index (χ2v) is 9.60. The van der Waals surface area contributed by atoms with E-state index in [1.54, 1.807) is 25.1 Å². The maximum Gasteiger partial charge on any atom is 0.331 e. The van der Waals surface area contributed by atoms with Crippen LogP contribution >= 0.6 is 0 Å². The van der Waals surface area contributed by atoms with E-state index in [1.165, 1.54) is 6.07 Å². The zero-order chi connectivity index (χ0) is 23.1. The largest absolute Gasteiger partial charge is 0.331 e. The van der Waals surface area contributed by atoms with Gasteiger partial charge in [0.1, 0.15) is 11.6 Å². The van der Waals surface area contributed by atoms with Crippen LogP contribution in [0.3, 0.4) is 0 Å². The van der Waals surface area contributed by atoms with Crippen molar-refractivity contribution >= 4 is 32.4 Å². The van der Waals surface area contributed by atoms with Crippen molar-refractivity contribution in [2.45, 2.75) is 18.6 Å². The van der Waals surface area contributed by atoms with Crippen molar-refractivity contribution in [1.82, 2.24) is 20.2 Å². The smallest absolute Gasteiger partial charge is 0.323 e. The molecule has 2 aromatic carbocycles. The van der Waals surface area contributed by atoms with Crippen molar-refractivity contribution in [2.75, 3.05) is 11.6 Å². The lowest BCUT2D eigenvalue weighted by Crippen LogP contribution is -2.20. The summed E-state index contributed by atoms with van der Waals surface area (Å²) in [5, 5.41) is 10.1. The topological polar surface area (TPSA) is 101 Å². The molecule has 0 atom stereocenters. The average Bonchev–Trinajstić information content (AvgIpc) is 3.11. The molecule has 0 aliphatic carbocycles. The quantitative estimate of drug-likeness (QED) is 0.446. The SMILES string of the molecule is Cc1cc(Nc2nc(C(F)(F)c3ccc(F)cc3)nc3cc(CS(C)(=O)=O)ccc23)n[nH]1. The van der Waals surface area contributed by atoms with Gasteiger partial charge in [0.05, 0.1) is 11.3 Å². The van der Waals surface area contributed by atoms with Gasteiger partial charge in [0.2, 0.25) is 5.82 Å². The number of hydrogen-bond donors (Lipinski definition) is 2. The molecule has 166 valence electrons. The van der Waals surface area contributed by atoms with Crippen LogP contribution in [0.2, 0.25) is 0 Å². The first-order valence-electron chi connectivity index (χ1n) is 9.43. The first kappa shape index (κ1) is 21.8. The van der Waals surface area contributed by atoms with Crippen molar-refractivity contribution in [2.24, 2.45) is 0 Å². The predicted octanol–water partition coefficient (Wildman–Crippen LogP) is 4.23. The van der Waals surface area contributed by atoms with Crippen molar-refractivity contribution in [3.63, 3.8) is 0 Å². The molecule has 4 aromatic rings. The summed E-state index contributed by atoms with van der Waals surface area (Å²) in [7, 11) is -3.34. The van der Waals surface area contributed by atoms with Gasteiger partial charge in [-0.3, -0.25) is 5.10 Å². The predicted molar refractivity (Wildman–Crippen MR) is 114 cm³/mol. The Hall–Kier alpha value is -3.47. The van der Waals surface area contributed by atoms with Gasteiger partial charge in [-0.05, 0) is 48.9 Å². The number of benzene rings is 2. The second-order valence-electron chi connectivity index (χ2n) is 7.46. The third-order valence-corrected chi connectivity index (χ3v) is 5.49. The van der Waals surface area contributed by atoms with Gasteiger partial charge < -0.3 is 5.32 Å². The van der Waals surface area contributed by atoms with Crippen LogP contribution in [0.1, 0.15) is 22.6 Å². The minimum Gasteiger partial charge on any atom is -0.323 e. The number of hydrogen-bond acceptors (Lipinski definition) is 6. The van der Waals surface area contributed by atoms with Crippen LogP contribution in [0.25, 0.3) is 10.9 Å². The Kier molecular flexibility index (Phi) is 5.37. The Labute approximate surface area is 181 Å². The molecule has 7 nitrogen and oxygen atoms in total. The van der Waals surface area contributed by atoms with Gasteiger partial charge in [-0.2, -0.15) is 13.9 Å². The number of rotatable bonds is 6. The fourth-order valence-corrected chi connectivity index (χ4v) is 3.98. The Morgan fingerprint density at radius 1 is 1.06 bits per heavy atom. The highest BCUT2D eigenvalue weighted by atomic mass is 32.2. The average molecular weight is 461 g/mol. The first-order chi connectivity index (χ1) is 15.0. The summed E-state index contributed by atoms with van der Waals surface area (Å²) in [4.78, 5) is 8.07. The Morgan fingerprint density at radius 3 is 2.41 bits per heavy atom. The lowest BCUT2D eigenvalue weighted by molar-refractivity contribution is 0.0333. The summed E-state index contributed by atoms with van der Waals surface area (Å²) >= 11 is 0. The number of alkyl halides is 2. The lowest BCUT2D eigenvalue weighted by atomic mass is 10.1. The van der Waals surface area contributed by atoms with Gasteiger partial charge in [-0.1, -0.05) is 6.07 Å². The summed E-state index contributed by atoms with van der Waals surface area (Å²) in [6.07, 6.45) is 1.08. The molecule has 0 fully saturated rings. The number of anilines is 2. The number of fused-ring (bicyclic) bond motifs is 1. The maximum absolute atomic E-state index is 15.2. The van der Waals surface area contributed by atoms with Crippen molar-refractivity contribution < 1.29 is 21.6 Å². The zero-order valence-corrected chi connectivity index (χ0v) is 17.8. The van der Waals surface area contributed by atoms with Gasteiger partial charge in [0.15, 0.2) is 15.7 Å². The summed E-state index contributed by atoms with van der Waals surface area (Å²) in [5.74, 6) is -4.93. The van der Waals surface area contributed by atoms with Crippen LogP contribution < -0.4 is 5.32 Å². The zero-order valence-electron chi connectivity index (χ0n) is 17.0. The molecular formula is C21H18F3N5O2S. The number of halogens is 3. The van der Waals surface area contributed by atoms with Gasteiger partial charge in [-0.25, -0.2) is 22.8 Å². The highest BCUT2D eigenvalue weighted by molar-refractivity contribution is 7.89. The van der Waals surface area contributed by atoms with E-state index < -0.39 is 33.0 Å². The molecular weight excluding hydrogens is 443 g/mol. The molecule has 0 bridgehead atoms. The second kappa shape index (κ2) is 7.90. The molecule has 32 heavy (non-hydrogen) atoms. The minimum atomic E-state index is -3.63. The molecule has 11 heteroatoms. The van der Waals surface area contributed by atoms with E-state index in [0.29, 0.717) is 16.8 Å². The van der Waals surface area contributed by atoms with E-state index in [-0.39, 0.29) is 17.1 Å². The van der Waals surface area contributed by atoms with Gasteiger partial charge in [-0.15, -0.1) is 0 Å². The monoisotopic (exact) mass is 461 g/mol. The van der Waals surface area contributed by atoms with Crippen LogP contribution in [-0.4, -0.2) is 34.8 Å². The van der Waals surface area contributed by atoms with Crippen LogP contribution in [0.4, 0.5) is 24.8 Å². The normalized spacial score (nSPS) is 12.3. The van der Waals surface area contributed by atoms with E-state index in [1.807, 2.05) is 0 Å². The molecule has 2 heterocycles. The molecule has 2 N–H and O–H groups in total. The lowest BCUT2D eigenvalue weighted by Gasteiger charge is -2.18. The Morgan fingerprint density at radius 2 is 1.78 bits per heavy atom. The fraction of sp³-hybridized carbons (Fsp3) is 0.190. The van der Waals surface area contributed by atoms with Crippen LogP contribution in [0.15, 0.2) is 48.5 Å².